The van der Waals surface area contributed by atoms with E-state index in [2.05, 4.69) is 14.7 Å². The maximum Gasteiger partial charge on any atom is 0.272 e. The SMILES string of the molecule is O=c1[nH]cnc(OCC(F)F)c1I. The van der Waals surface area contributed by atoms with Gasteiger partial charge in [-0.2, -0.15) is 0 Å². The maximum atomic E-state index is 11.7. The Morgan fingerprint density at radius 1 is 1.69 bits per heavy atom. The molecule has 7 heteroatoms. The Hall–Kier alpha value is -0.730. The first-order valence-corrected chi connectivity index (χ1v) is 4.33. The first kappa shape index (κ1) is 10.4. The van der Waals surface area contributed by atoms with Crippen molar-refractivity contribution in [3.8, 4) is 5.88 Å². The van der Waals surface area contributed by atoms with Gasteiger partial charge in [-0.25, -0.2) is 13.8 Å². The standard InChI is InChI=1S/C6H5F2IN2O2/c7-3(8)1-13-6-4(9)5(12)10-2-11-6/h2-3H,1H2,(H,10,11,12). The van der Waals surface area contributed by atoms with Crippen LogP contribution in [0.25, 0.3) is 0 Å². The first-order chi connectivity index (χ1) is 6.11. The lowest BCUT2D eigenvalue weighted by atomic mass is 10.6. The molecule has 0 aromatic carbocycles. The molecule has 0 bridgehead atoms. The normalized spacial score (nSPS) is 10.5. The summed E-state index contributed by atoms with van der Waals surface area (Å²) in [6, 6.07) is 0. The van der Waals surface area contributed by atoms with Gasteiger partial charge in [-0.1, -0.05) is 0 Å². The predicted molar refractivity (Wildman–Crippen MR) is 49.1 cm³/mol. The third-order valence-corrected chi connectivity index (χ3v) is 2.06. The number of H-pyrrole nitrogens is 1. The van der Waals surface area contributed by atoms with Crippen LogP contribution in [-0.4, -0.2) is 23.0 Å². The fourth-order valence-electron chi connectivity index (χ4n) is 0.609. The molecule has 0 saturated heterocycles. The average molecular weight is 302 g/mol. The van der Waals surface area contributed by atoms with Crippen molar-refractivity contribution in [3.63, 3.8) is 0 Å². The zero-order valence-corrected chi connectivity index (χ0v) is 8.42. The first-order valence-electron chi connectivity index (χ1n) is 3.25. The Morgan fingerprint density at radius 2 is 2.38 bits per heavy atom. The van der Waals surface area contributed by atoms with Crippen LogP contribution in [0.15, 0.2) is 11.1 Å². The zero-order valence-electron chi connectivity index (χ0n) is 6.26. The smallest absolute Gasteiger partial charge is 0.272 e. The number of hydrogen-bond acceptors (Lipinski definition) is 3. The molecule has 0 aliphatic heterocycles. The van der Waals surface area contributed by atoms with Gasteiger partial charge >= 0.3 is 0 Å². The molecular weight excluding hydrogens is 297 g/mol. The number of hydrogen-bond donors (Lipinski definition) is 1. The molecule has 1 N–H and O–H groups in total. The number of aromatic nitrogens is 2. The topological polar surface area (TPSA) is 55.0 Å². The van der Waals surface area contributed by atoms with Crippen LogP contribution in [0.5, 0.6) is 5.88 Å². The van der Waals surface area contributed by atoms with E-state index in [1.165, 1.54) is 0 Å². The van der Waals surface area contributed by atoms with E-state index in [1.807, 2.05) is 0 Å². The van der Waals surface area contributed by atoms with E-state index >= 15 is 0 Å². The van der Waals surface area contributed by atoms with Crippen molar-refractivity contribution in [1.82, 2.24) is 9.97 Å². The number of alkyl halides is 2. The highest BCUT2D eigenvalue weighted by molar-refractivity contribution is 14.1. The lowest BCUT2D eigenvalue weighted by Gasteiger charge is -2.04. The molecule has 0 aliphatic rings. The molecule has 1 rings (SSSR count). The van der Waals surface area contributed by atoms with E-state index < -0.39 is 18.6 Å². The molecule has 4 nitrogen and oxygen atoms in total. The van der Waals surface area contributed by atoms with Crippen LogP contribution in [0, 0.1) is 3.57 Å². The van der Waals surface area contributed by atoms with Gasteiger partial charge < -0.3 is 9.72 Å². The van der Waals surface area contributed by atoms with Crippen molar-refractivity contribution in [2.75, 3.05) is 6.61 Å². The summed E-state index contributed by atoms with van der Waals surface area (Å²) in [7, 11) is 0. The number of nitrogens with zero attached hydrogens (tertiary/aromatic N) is 1. The van der Waals surface area contributed by atoms with Gasteiger partial charge in [0.05, 0.1) is 6.33 Å². The molecule has 0 amide bonds. The van der Waals surface area contributed by atoms with Crippen molar-refractivity contribution >= 4 is 22.6 Å². The van der Waals surface area contributed by atoms with Crippen LogP contribution in [-0.2, 0) is 0 Å². The van der Waals surface area contributed by atoms with E-state index in [-0.39, 0.29) is 9.45 Å². The average Bonchev–Trinajstić information content (AvgIpc) is 2.07. The van der Waals surface area contributed by atoms with Crippen molar-refractivity contribution in [2.45, 2.75) is 6.43 Å². The van der Waals surface area contributed by atoms with Crippen LogP contribution in [0.3, 0.4) is 0 Å². The number of ether oxygens (including phenoxy) is 1. The minimum Gasteiger partial charge on any atom is -0.471 e. The largest absolute Gasteiger partial charge is 0.471 e. The fraction of sp³-hybridized carbons (Fsp3) is 0.333. The Bertz CT molecular complexity index is 342. The highest BCUT2D eigenvalue weighted by Gasteiger charge is 2.09. The molecule has 1 heterocycles. The van der Waals surface area contributed by atoms with Gasteiger partial charge in [0, 0.05) is 0 Å². The quantitative estimate of drug-likeness (QED) is 0.848. The minimum absolute atomic E-state index is 0.0651. The van der Waals surface area contributed by atoms with Crippen molar-refractivity contribution in [1.29, 1.82) is 0 Å². The molecule has 0 fully saturated rings. The molecule has 0 spiro atoms. The van der Waals surface area contributed by atoms with Gasteiger partial charge in [0.2, 0.25) is 5.88 Å². The van der Waals surface area contributed by atoms with E-state index in [9.17, 15) is 13.6 Å². The number of halogens is 3. The summed E-state index contributed by atoms with van der Waals surface area (Å²) in [5, 5.41) is 0. The van der Waals surface area contributed by atoms with Gasteiger partial charge in [-0.15, -0.1) is 0 Å². The van der Waals surface area contributed by atoms with Gasteiger partial charge in [0.25, 0.3) is 12.0 Å². The zero-order chi connectivity index (χ0) is 9.84. The summed E-state index contributed by atoms with van der Waals surface area (Å²) in [5.41, 5.74) is -0.403. The monoisotopic (exact) mass is 302 g/mol. The van der Waals surface area contributed by atoms with Crippen molar-refractivity contribution < 1.29 is 13.5 Å². The third kappa shape index (κ3) is 2.90. The summed E-state index contributed by atoms with van der Waals surface area (Å²) in [6.45, 7) is -0.757. The van der Waals surface area contributed by atoms with Crippen LogP contribution in [0.2, 0.25) is 0 Å². The molecule has 72 valence electrons. The highest BCUT2D eigenvalue weighted by Crippen LogP contribution is 2.12. The van der Waals surface area contributed by atoms with E-state index in [0.29, 0.717) is 0 Å². The van der Waals surface area contributed by atoms with Crippen molar-refractivity contribution in [3.05, 3.63) is 20.3 Å². The van der Waals surface area contributed by atoms with Crippen LogP contribution in [0.4, 0.5) is 8.78 Å². The molecule has 0 saturated carbocycles. The lowest BCUT2D eigenvalue weighted by Crippen LogP contribution is -2.15. The molecule has 1 aromatic rings. The molecule has 1 aromatic heterocycles. The fourth-order valence-corrected chi connectivity index (χ4v) is 1.06. The molecular formula is C6H5F2IN2O2. The summed E-state index contributed by atoms with van der Waals surface area (Å²) in [4.78, 5) is 16.8. The minimum atomic E-state index is -2.57. The predicted octanol–water partition coefficient (Wildman–Crippen LogP) is 1.02. The second-order valence-corrected chi connectivity index (χ2v) is 3.13. The van der Waals surface area contributed by atoms with E-state index in [1.54, 1.807) is 22.6 Å². The second-order valence-electron chi connectivity index (χ2n) is 2.05. The van der Waals surface area contributed by atoms with Crippen molar-refractivity contribution in [2.24, 2.45) is 0 Å². The van der Waals surface area contributed by atoms with Crippen LogP contribution < -0.4 is 10.3 Å². The Morgan fingerprint density at radius 3 is 3.00 bits per heavy atom. The van der Waals surface area contributed by atoms with E-state index in [4.69, 9.17) is 0 Å². The third-order valence-electron chi connectivity index (χ3n) is 1.11. The Balaban J connectivity index is 2.77. The van der Waals surface area contributed by atoms with Gasteiger partial charge in [0.1, 0.15) is 3.57 Å². The summed E-state index contributed by atoms with van der Waals surface area (Å²) in [5.74, 6) is -0.0651. The Labute approximate surface area is 85.5 Å². The molecule has 0 unspecified atom stereocenters. The van der Waals surface area contributed by atoms with Crippen LogP contribution >= 0.6 is 22.6 Å². The van der Waals surface area contributed by atoms with E-state index in [0.717, 1.165) is 6.33 Å². The van der Waals surface area contributed by atoms with Crippen LogP contribution in [0.1, 0.15) is 0 Å². The van der Waals surface area contributed by atoms with Gasteiger partial charge in [-0.3, -0.25) is 4.79 Å². The summed E-state index contributed by atoms with van der Waals surface area (Å²) < 4.78 is 28.2. The Kier molecular flexibility index (Phi) is 3.58. The summed E-state index contributed by atoms with van der Waals surface area (Å²) >= 11 is 1.68. The maximum absolute atomic E-state index is 11.7. The van der Waals surface area contributed by atoms with Gasteiger partial charge in [-0.05, 0) is 22.6 Å². The molecule has 0 aliphatic carbocycles. The highest BCUT2D eigenvalue weighted by atomic mass is 127. The molecule has 13 heavy (non-hydrogen) atoms. The van der Waals surface area contributed by atoms with Gasteiger partial charge in [0.15, 0.2) is 6.61 Å². The number of nitrogens with one attached hydrogen (secondary N) is 1. The lowest BCUT2D eigenvalue weighted by molar-refractivity contribution is 0.0789. The number of rotatable bonds is 3. The molecule has 0 atom stereocenters. The second kappa shape index (κ2) is 4.49. The summed E-state index contributed by atoms with van der Waals surface area (Å²) in [6.07, 6.45) is -1.47. The molecule has 0 radical (unpaired) electrons. The number of aromatic amines is 1.